The number of halogens is 1. The highest BCUT2D eigenvalue weighted by atomic mass is 79.9. The molecule has 0 saturated heterocycles. The third-order valence-electron chi connectivity index (χ3n) is 1.76. The molecule has 3 heteroatoms. The molecule has 1 heterocycles. The van der Waals surface area contributed by atoms with Crippen LogP contribution in [0.2, 0.25) is 0 Å². The Labute approximate surface area is 88.5 Å². The SMILES string of the molecule is CC(C)Cn1cc(CC(C)Br)cn1. The standard InChI is InChI=1S/C10H17BrN2/c1-8(2)6-13-7-10(5-12-13)4-9(3)11/h5,7-9H,4,6H2,1-3H3. The summed E-state index contributed by atoms with van der Waals surface area (Å²) >= 11 is 3.53. The van der Waals surface area contributed by atoms with Crippen molar-refractivity contribution >= 4 is 15.9 Å². The average molecular weight is 245 g/mol. The molecule has 1 aromatic rings. The van der Waals surface area contributed by atoms with E-state index in [1.165, 1.54) is 5.56 Å². The molecule has 0 spiro atoms. The third kappa shape index (κ3) is 3.94. The summed E-state index contributed by atoms with van der Waals surface area (Å²) in [5.41, 5.74) is 1.31. The summed E-state index contributed by atoms with van der Waals surface area (Å²) in [7, 11) is 0. The van der Waals surface area contributed by atoms with E-state index < -0.39 is 0 Å². The molecule has 74 valence electrons. The number of rotatable bonds is 4. The first-order chi connectivity index (χ1) is 6.08. The molecule has 0 aliphatic carbocycles. The van der Waals surface area contributed by atoms with Crippen molar-refractivity contribution < 1.29 is 0 Å². The molecule has 0 aliphatic heterocycles. The van der Waals surface area contributed by atoms with Crippen molar-refractivity contribution in [3.8, 4) is 0 Å². The summed E-state index contributed by atoms with van der Waals surface area (Å²) < 4.78 is 2.02. The quantitative estimate of drug-likeness (QED) is 0.746. The fraction of sp³-hybridized carbons (Fsp3) is 0.700. The van der Waals surface area contributed by atoms with Crippen molar-refractivity contribution in [1.82, 2.24) is 9.78 Å². The minimum atomic E-state index is 0.532. The fourth-order valence-electron chi connectivity index (χ4n) is 1.31. The predicted octanol–water partition coefficient (Wildman–Crippen LogP) is 2.87. The molecule has 0 aliphatic rings. The predicted molar refractivity (Wildman–Crippen MR) is 59.2 cm³/mol. The van der Waals surface area contributed by atoms with Gasteiger partial charge in [0.05, 0.1) is 6.20 Å². The first kappa shape index (κ1) is 10.8. The van der Waals surface area contributed by atoms with E-state index in [1.54, 1.807) is 0 Å². The summed E-state index contributed by atoms with van der Waals surface area (Å²) in [4.78, 5) is 0.532. The largest absolute Gasteiger partial charge is 0.272 e. The van der Waals surface area contributed by atoms with E-state index in [1.807, 2.05) is 10.9 Å². The number of hydrogen-bond donors (Lipinski definition) is 0. The summed E-state index contributed by atoms with van der Waals surface area (Å²) in [5, 5.41) is 4.31. The zero-order valence-corrected chi connectivity index (χ0v) is 10.1. The maximum absolute atomic E-state index is 4.31. The minimum absolute atomic E-state index is 0.532. The average Bonchev–Trinajstić information content (AvgIpc) is 2.33. The fourth-order valence-corrected chi connectivity index (χ4v) is 1.68. The van der Waals surface area contributed by atoms with Crippen molar-refractivity contribution in [2.24, 2.45) is 5.92 Å². The highest BCUT2D eigenvalue weighted by Gasteiger charge is 2.03. The van der Waals surface area contributed by atoms with E-state index in [-0.39, 0.29) is 0 Å². The van der Waals surface area contributed by atoms with E-state index in [4.69, 9.17) is 0 Å². The first-order valence-electron chi connectivity index (χ1n) is 4.73. The maximum atomic E-state index is 4.31. The molecule has 0 aromatic carbocycles. The van der Waals surface area contributed by atoms with Crippen LogP contribution in [0, 0.1) is 5.92 Å². The molecule has 13 heavy (non-hydrogen) atoms. The number of nitrogens with zero attached hydrogens (tertiary/aromatic N) is 2. The number of aromatic nitrogens is 2. The molecule has 0 radical (unpaired) electrons. The van der Waals surface area contributed by atoms with Crippen LogP contribution in [0.3, 0.4) is 0 Å². The summed E-state index contributed by atoms with van der Waals surface area (Å²) in [6.45, 7) is 7.57. The van der Waals surface area contributed by atoms with Crippen LogP contribution in [0.25, 0.3) is 0 Å². The van der Waals surface area contributed by atoms with E-state index >= 15 is 0 Å². The second-order valence-electron chi connectivity index (χ2n) is 3.95. The van der Waals surface area contributed by atoms with Gasteiger partial charge in [-0.15, -0.1) is 0 Å². The third-order valence-corrected chi connectivity index (χ3v) is 2.08. The van der Waals surface area contributed by atoms with Crippen molar-refractivity contribution in [3.05, 3.63) is 18.0 Å². The lowest BCUT2D eigenvalue weighted by molar-refractivity contribution is 0.483. The number of alkyl halides is 1. The number of hydrogen-bond acceptors (Lipinski definition) is 1. The molecule has 1 aromatic heterocycles. The van der Waals surface area contributed by atoms with Crippen molar-refractivity contribution in [3.63, 3.8) is 0 Å². The molecule has 1 rings (SSSR count). The second-order valence-corrected chi connectivity index (χ2v) is 5.51. The summed E-state index contributed by atoms with van der Waals surface area (Å²) in [5.74, 6) is 0.661. The Hall–Kier alpha value is -0.310. The Morgan fingerprint density at radius 2 is 2.15 bits per heavy atom. The molecule has 0 amide bonds. The Balaban J connectivity index is 2.53. The van der Waals surface area contributed by atoms with Gasteiger partial charge in [0, 0.05) is 17.6 Å². The second kappa shape index (κ2) is 4.80. The van der Waals surface area contributed by atoms with Crippen LogP contribution in [0.15, 0.2) is 12.4 Å². The van der Waals surface area contributed by atoms with Crippen molar-refractivity contribution in [1.29, 1.82) is 0 Å². The topological polar surface area (TPSA) is 17.8 Å². The highest BCUT2D eigenvalue weighted by molar-refractivity contribution is 9.09. The monoisotopic (exact) mass is 244 g/mol. The van der Waals surface area contributed by atoms with Gasteiger partial charge in [0.1, 0.15) is 0 Å². The molecule has 1 unspecified atom stereocenters. The van der Waals surface area contributed by atoms with Gasteiger partial charge in [0.15, 0.2) is 0 Å². The van der Waals surface area contributed by atoms with E-state index in [2.05, 4.69) is 48.0 Å². The van der Waals surface area contributed by atoms with E-state index in [9.17, 15) is 0 Å². The highest BCUT2D eigenvalue weighted by Crippen LogP contribution is 2.09. The minimum Gasteiger partial charge on any atom is -0.272 e. The van der Waals surface area contributed by atoms with Gasteiger partial charge in [-0.25, -0.2) is 0 Å². The van der Waals surface area contributed by atoms with Gasteiger partial charge in [-0.3, -0.25) is 4.68 Å². The zero-order valence-electron chi connectivity index (χ0n) is 8.50. The van der Waals surface area contributed by atoms with Crippen LogP contribution in [-0.4, -0.2) is 14.6 Å². The maximum Gasteiger partial charge on any atom is 0.0522 e. The van der Waals surface area contributed by atoms with Crippen LogP contribution in [0.1, 0.15) is 26.3 Å². The van der Waals surface area contributed by atoms with Crippen LogP contribution >= 0.6 is 15.9 Å². The molecular formula is C10H17BrN2. The Bertz CT molecular complexity index is 229. The molecule has 2 nitrogen and oxygen atoms in total. The van der Waals surface area contributed by atoms with Crippen LogP contribution in [0.5, 0.6) is 0 Å². The lowest BCUT2D eigenvalue weighted by Crippen LogP contribution is -2.04. The lowest BCUT2D eigenvalue weighted by Gasteiger charge is -2.03. The van der Waals surface area contributed by atoms with Gasteiger partial charge in [-0.2, -0.15) is 5.10 Å². The Kier molecular flexibility index (Phi) is 3.97. The van der Waals surface area contributed by atoms with Crippen LogP contribution < -0.4 is 0 Å². The van der Waals surface area contributed by atoms with Gasteiger partial charge in [0.25, 0.3) is 0 Å². The molecular weight excluding hydrogens is 228 g/mol. The normalized spacial score (nSPS) is 13.6. The zero-order chi connectivity index (χ0) is 9.84. The summed E-state index contributed by atoms with van der Waals surface area (Å²) in [6, 6.07) is 0. The Morgan fingerprint density at radius 1 is 1.46 bits per heavy atom. The van der Waals surface area contributed by atoms with Crippen LogP contribution in [0.4, 0.5) is 0 Å². The van der Waals surface area contributed by atoms with Gasteiger partial charge in [-0.05, 0) is 17.9 Å². The van der Waals surface area contributed by atoms with Gasteiger partial charge in [-0.1, -0.05) is 36.7 Å². The van der Waals surface area contributed by atoms with Gasteiger partial charge < -0.3 is 0 Å². The van der Waals surface area contributed by atoms with Gasteiger partial charge in [0.2, 0.25) is 0 Å². The molecule has 0 fully saturated rings. The van der Waals surface area contributed by atoms with E-state index in [0.29, 0.717) is 10.7 Å². The van der Waals surface area contributed by atoms with E-state index in [0.717, 1.165) is 13.0 Å². The molecule has 0 saturated carbocycles. The molecule has 1 atom stereocenters. The molecule has 0 bridgehead atoms. The van der Waals surface area contributed by atoms with Crippen LogP contribution in [-0.2, 0) is 13.0 Å². The summed E-state index contributed by atoms with van der Waals surface area (Å²) in [6.07, 6.45) is 5.15. The first-order valence-corrected chi connectivity index (χ1v) is 5.65. The smallest absolute Gasteiger partial charge is 0.0522 e. The molecule has 0 N–H and O–H groups in total. The lowest BCUT2D eigenvalue weighted by atomic mass is 10.2. The Morgan fingerprint density at radius 3 is 2.69 bits per heavy atom. The van der Waals surface area contributed by atoms with Crippen molar-refractivity contribution in [2.75, 3.05) is 0 Å². The van der Waals surface area contributed by atoms with Crippen molar-refractivity contribution in [2.45, 2.75) is 38.6 Å². The van der Waals surface area contributed by atoms with Gasteiger partial charge >= 0.3 is 0 Å².